The second kappa shape index (κ2) is 4.20. The number of rotatable bonds is 3. The lowest BCUT2D eigenvalue weighted by molar-refractivity contribution is 0.211. The van der Waals surface area contributed by atoms with Crippen molar-refractivity contribution in [3.63, 3.8) is 0 Å². The molecule has 0 spiro atoms. The quantitative estimate of drug-likeness (QED) is 0.816. The molecule has 2 rings (SSSR count). The Balaban J connectivity index is 2.69. The van der Waals surface area contributed by atoms with Gasteiger partial charge in [-0.2, -0.15) is 0 Å². The maximum Gasteiger partial charge on any atom is 0.0537 e. The van der Waals surface area contributed by atoms with Crippen LogP contribution in [0.1, 0.15) is 12.5 Å². The summed E-state index contributed by atoms with van der Waals surface area (Å²) in [5, 5.41) is 11.7. The van der Waals surface area contributed by atoms with E-state index in [0.717, 1.165) is 16.3 Å². The largest absolute Gasteiger partial charge is 0.395 e. The van der Waals surface area contributed by atoms with Gasteiger partial charge in [-0.3, -0.25) is 4.98 Å². The Morgan fingerprint density at radius 3 is 2.88 bits per heavy atom. The minimum absolute atomic E-state index is 0.0466. The van der Waals surface area contributed by atoms with Crippen LogP contribution in [0.15, 0.2) is 36.7 Å². The van der Waals surface area contributed by atoms with Crippen LogP contribution in [0.25, 0.3) is 10.8 Å². The fourth-order valence-corrected chi connectivity index (χ4v) is 1.91. The van der Waals surface area contributed by atoms with E-state index in [4.69, 9.17) is 5.73 Å². The zero-order valence-corrected chi connectivity index (χ0v) is 9.35. The summed E-state index contributed by atoms with van der Waals surface area (Å²) in [6.45, 7) is 2.44. The number of nitrogens with zero attached hydrogens (tertiary/aromatic N) is 1. The molecular formula is C13H16N2O. The van der Waals surface area contributed by atoms with E-state index in [9.17, 15) is 5.11 Å². The topological polar surface area (TPSA) is 59.1 Å². The predicted molar refractivity (Wildman–Crippen MR) is 65.2 cm³/mol. The lowest BCUT2D eigenvalue weighted by Crippen LogP contribution is -2.35. The van der Waals surface area contributed by atoms with Gasteiger partial charge in [-0.1, -0.05) is 25.1 Å². The van der Waals surface area contributed by atoms with Gasteiger partial charge in [0.2, 0.25) is 0 Å². The molecule has 2 aromatic rings. The molecule has 1 aromatic carbocycles. The van der Waals surface area contributed by atoms with Crippen LogP contribution in [0.2, 0.25) is 0 Å². The highest BCUT2D eigenvalue weighted by Gasteiger charge is 2.25. The molecule has 0 radical (unpaired) electrons. The molecule has 3 N–H and O–H groups in total. The summed E-state index contributed by atoms with van der Waals surface area (Å²) in [5.74, 6) is 0. The normalized spacial score (nSPS) is 14.9. The molecule has 3 nitrogen and oxygen atoms in total. The van der Waals surface area contributed by atoms with Gasteiger partial charge in [0.1, 0.15) is 0 Å². The summed E-state index contributed by atoms with van der Waals surface area (Å²) in [6, 6.07) is 7.97. The SMILES string of the molecule is CC(CN)(CO)c1cccc2cnccc12. The lowest BCUT2D eigenvalue weighted by atomic mass is 9.81. The molecule has 0 aliphatic heterocycles. The van der Waals surface area contributed by atoms with Crippen LogP contribution in [0.5, 0.6) is 0 Å². The Hall–Kier alpha value is -1.45. The van der Waals surface area contributed by atoms with Gasteiger partial charge in [0.15, 0.2) is 0 Å². The number of pyridine rings is 1. The molecule has 0 saturated heterocycles. The molecular weight excluding hydrogens is 200 g/mol. The Labute approximate surface area is 94.9 Å². The highest BCUT2D eigenvalue weighted by Crippen LogP contribution is 2.29. The first kappa shape index (κ1) is 11.0. The zero-order valence-electron chi connectivity index (χ0n) is 9.35. The van der Waals surface area contributed by atoms with Crippen LogP contribution in [0.3, 0.4) is 0 Å². The van der Waals surface area contributed by atoms with E-state index in [-0.39, 0.29) is 12.0 Å². The van der Waals surface area contributed by atoms with Crippen LogP contribution < -0.4 is 5.73 Å². The molecule has 16 heavy (non-hydrogen) atoms. The van der Waals surface area contributed by atoms with E-state index in [0.29, 0.717) is 6.54 Å². The highest BCUT2D eigenvalue weighted by atomic mass is 16.3. The number of aliphatic hydroxyl groups excluding tert-OH is 1. The average molecular weight is 216 g/mol. The zero-order chi connectivity index (χ0) is 11.6. The predicted octanol–water partition coefficient (Wildman–Crippen LogP) is 1.44. The van der Waals surface area contributed by atoms with Crippen molar-refractivity contribution in [3.8, 4) is 0 Å². The molecule has 0 aliphatic carbocycles. The van der Waals surface area contributed by atoms with E-state index < -0.39 is 0 Å². The molecule has 0 fully saturated rings. The van der Waals surface area contributed by atoms with Crippen LogP contribution in [0, 0.1) is 0 Å². The molecule has 1 atom stereocenters. The molecule has 0 aliphatic rings. The van der Waals surface area contributed by atoms with Gasteiger partial charge in [-0.05, 0) is 17.0 Å². The summed E-state index contributed by atoms with van der Waals surface area (Å²) in [6.07, 6.45) is 3.59. The van der Waals surface area contributed by atoms with Crippen molar-refractivity contribution in [2.45, 2.75) is 12.3 Å². The van der Waals surface area contributed by atoms with E-state index in [1.807, 2.05) is 37.4 Å². The number of benzene rings is 1. The van der Waals surface area contributed by atoms with Crippen molar-refractivity contribution in [2.24, 2.45) is 5.73 Å². The molecule has 84 valence electrons. The number of hydrogen-bond donors (Lipinski definition) is 2. The minimum Gasteiger partial charge on any atom is -0.395 e. The van der Waals surface area contributed by atoms with Gasteiger partial charge >= 0.3 is 0 Å². The minimum atomic E-state index is -0.388. The van der Waals surface area contributed by atoms with Crippen molar-refractivity contribution < 1.29 is 5.11 Å². The number of fused-ring (bicyclic) bond motifs is 1. The van der Waals surface area contributed by atoms with Crippen molar-refractivity contribution in [1.82, 2.24) is 4.98 Å². The Kier molecular flexibility index (Phi) is 2.90. The van der Waals surface area contributed by atoms with Crippen LogP contribution in [-0.4, -0.2) is 23.2 Å². The number of nitrogens with two attached hydrogens (primary N) is 1. The Bertz CT molecular complexity index is 487. The summed E-state index contributed by atoms with van der Waals surface area (Å²) >= 11 is 0. The number of aromatic nitrogens is 1. The molecule has 3 heteroatoms. The maximum absolute atomic E-state index is 9.50. The first-order valence-electron chi connectivity index (χ1n) is 5.35. The number of aliphatic hydroxyl groups is 1. The van der Waals surface area contributed by atoms with Crippen molar-refractivity contribution in [2.75, 3.05) is 13.2 Å². The van der Waals surface area contributed by atoms with E-state index in [1.54, 1.807) is 6.20 Å². The third kappa shape index (κ3) is 1.68. The molecule has 1 heterocycles. The molecule has 1 unspecified atom stereocenters. The van der Waals surface area contributed by atoms with Crippen LogP contribution in [0.4, 0.5) is 0 Å². The molecule has 0 bridgehead atoms. The highest BCUT2D eigenvalue weighted by molar-refractivity contribution is 5.85. The van der Waals surface area contributed by atoms with E-state index in [1.165, 1.54) is 0 Å². The lowest BCUT2D eigenvalue weighted by Gasteiger charge is -2.27. The van der Waals surface area contributed by atoms with Gasteiger partial charge in [-0.15, -0.1) is 0 Å². The van der Waals surface area contributed by atoms with Gasteiger partial charge < -0.3 is 10.8 Å². The second-order valence-corrected chi connectivity index (χ2v) is 4.33. The second-order valence-electron chi connectivity index (χ2n) is 4.33. The standard InChI is InChI=1S/C13H16N2O/c1-13(8-14,9-16)12-4-2-3-10-7-15-6-5-11(10)12/h2-7,16H,8-9,14H2,1H3. The first-order valence-corrected chi connectivity index (χ1v) is 5.35. The Morgan fingerprint density at radius 1 is 1.38 bits per heavy atom. The molecule has 1 aromatic heterocycles. The van der Waals surface area contributed by atoms with Crippen LogP contribution in [-0.2, 0) is 5.41 Å². The third-order valence-electron chi connectivity index (χ3n) is 3.13. The monoisotopic (exact) mass is 216 g/mol. The van der Waals surface area contributed by atoms with E-state index in [2.05, 4.69) is 4.98 Å². The maximum atomic E-state index is 9.50. The average Bonchev–Trinajstić information content (AvgIpc) is 2.37. The third-order valence-corrected chi connectivity index (χ3v) is 3.13. The smallest absolute Gasteiger partial charge is 0.0537 e. The Morgan fingerprint density at radius 2 is 2.19 bits per heavy atom. The summed E-state index contributed by atoms with van der Waals surface area (Å²) in [5.41, 5.74) is 6.46. The number of hydrogen-bond acceptors (Lipinski definition) is 3. The molecule has 0 saturated carbocycles. The van der Waals surface area contributed by atoms with Gasteiger partial charge in [0.05, 0.1) is 6.61 Å². The van der Waals surface area contributed by atoms with Crippen molar-refractivity contribution >= 4 is 10.8 Å². The molecule has 0 amide bonds. The first-order chi connectivity index (χ1) is 7.71. The van der Waals surface area contributed by atoms with Gasteiger partial charge in [0, 0.05) is 29.7 Å². The van der Waals surface area contributed by atoms with Gasteiger partial charge in [-0.25, -0.2) is 0 Å². The van der Waals surface area contributed by atoms with Crippen LogP contribution >= 0.6 is 0 Å². The van der Waals surface area contributed by atoms with Gasteiger partial charge in [0.25, 0.3) is 0 Å². The van der Waals surface area contributed by atoms with Crippen molar-refractivity contribution in [1.29, 1.82) is 0 Å². The summed E-state index contributed by atoms with van der Waals surface area (Å²) in [4.78, 5) is 4.09. The fraction of sp³-hybridized carbons (Fsp3) is 0.308. The van der Waals surface area contributed by atoms with E-state index >= 15 is 0 Å². The summed E-state index contributed by atoms with van der Waals surface area (Å²) in [7, 11) is 0. The fourth-order valence-electron chi connectivity index (χ4n) is 1.91. The summed E-state index contributed by atoms with van der Waals surface area (Å²) < 4.78 is 0. The van der Waals surface area contributed by atoms with Crippen molar-refractivity contribution in [3.05, 3.63) is 42.2 Å².